The zero-order valence-corrected chi connectivity index (χ0v) is 12.7. The van der Waals surface area contributed by atoms with Gasteiger partial charge in [0.05, 0.1) is 17.0 Å². The summed E-state index contributed by atoms with van der Waals surface area (Å²) in [6.07, 6.45) is 0.162. The Bertz CT molecular complexity index is 519. The van der Waals surface area contributed by atoms with Crippen LogP contribution in [0, 0.1) is 6.92 Å². The van der Waals surface area contributed by atoms with Crippen molar-refractivity contribution in [2.45, 2.75) is 19.4 Å². The maximum absolute atomic E-state index is 10.2. The Morgan fingerprint density at radius 3 is 2.50 bits per heavy atom. The average Bonchev–Trinajstić information content (AvgIpc) is 2.69. The third kappa shape index (κ3) is 3.13. The van der Waals surface area contributed by atoms with E-state index < -0.39 is 6.10 Å². The molecule has 0 bridgehead atoms. The molecule has 0 spiro atoms. The Morgan fingerprint density at radius 1 is 1.33 bits per heavy atom. The van der Waals surface area contributed by atoms with Crippen molar-refractivity contribution >= 4 is 27.3 Å². The summed E-state index contributed by atoms with van der Waals surface area (Å²) < 4.78 is 6.17. The smallest absolute Gasteiger partial charge is 0.118 e. The summed E-state index contributed by atoms with van der Waals surface area (Å²) in [5.74, 6) is 0.836. The standard InChI is InChI=1S/C14H15BrO2S/c1-9-12(8-14(15)18-9)13(16)7-10-3-5-11(17-2)6-4-10/h3-6,8,13,16H,7H2,1-2H3. The molecule has 1 atom stereocenters. The maximum atomic E-state index is 10.2. The molecule has 0 amide bonds. The number of methoxy groups -OCH3 is 1. The molecule has 0 fully saturated rings. The van der Waals surface area contributed by atoms with E-state index in [0.717, 1.165) is 25.5 Å². The van der Waals surface area contributed by atoms with Crippen molar-refractivity contribution in [2.75, 3.05) is 7.11 Å². The minimum Gasteiger partial charge on any atom is -0.497 e. The van der Waals surface area contributed by atoms with Crippen LogP contribution in [0.25, 0.3) is 0 Å². The van der Waals surface area contributed by atoms with Crippen molar-refractivity contribution in [1.82, 2.24) is 0 Å². The van der Waals surface area contributed by atoms with Crippen LogP contribution in [-0.4, -0.2) is 12.2 Å². The number of halogens is 1. The SMILES string of the molecule is COc1ccc(CC(O)c2cc(Br)sc2C)cc1. The number of hydrogen-bond acceptors (Lipinski definition) is 3. The van der Waals surface area contributed by atoms with Gasteiger partial charge in [-0.15, -0.1) is 11.3 Å². The van der Waals surface area contributed by atoms with Crippen LogP contribution in [0.15, 0.2) is 34.1 Å². The largest absolute Gasteiger partial charge is 0.497 e. The molecule has 1 N–H and O–H groups in total. The number of rotatable bonds is 4. The first kappa shape index (κ1) is 13.6. The van der Waals surface area contributed by atoms with E-state index in [-0.39, 0.29) is 0 Å². The maximum Gasteiger partial charge on any atom is 0.118 e. The van der Waals surface area contributed by atoms with Gasteiger partial charge in [-0.05, 0) is 52.2 Å². The number of aliphatic hydroxyl groups excluding tert-OH is 1. The highest BCUT2D eigenvalue weighted by atomic mass is 79.9. The summed E-state index contributed by atoms with van der Waals surface area (Å²) in [6.45, 7) is 2.03. The monoisotopic (exact) mass is 326 g/mol. The Kier molecular flexibility index (Phi) is 4.43. The van der Waals surface area contributed by atoms with E-state index in [2.05, 4.69) is 15.9 Å². The van der Waals surface area contributed by atoms with E-state index in [1.54, 1.807) is 18.4 Å². The van der Waals surface area contributed by atoms with Crippen LogP contribution in [0.3, 0.4) is 0 Å². The topological polar surface area (TPSA) is 29.5 Å². The lowest BCUT2D eigenvalue weighted by Crippen LogP contribution is -2.01. The molecule has 0 saturated heterocycles. The zero-order chi connectivity index (χ0) is 13.1. The molecule has 0 aliphatic heterocycles. The first-order valence-electron chi connectivity index (χ1n) is 5.67. The Balaban J connectivity index is 2.10. The molecular formula is C14H15BrO2S. The minimum atomic E-state index is -0.457. The fourth-order valence-corrected chi connectivity index (χ4v) is 3.65. The molecule has 2 aromatic rings. The van der Waals surface area contributed by atoms with Crippen LogP contribution in [0.1, 0.15) is 22.1 Å². The van der Waals surface area contributed by atoms with Crippen LogP contribution < -0.4 is 4.74 Å². The van der Waals surface area contributed by atoms with E-state index in [1.807, 2.05) is 37.3 Å². The van der Waals surface area contributed by atoms with Gasteiger partial charge >= 0.3 is 0 Å². The van der Waals surface area contributed by atoms with E-state index in [4.69, 9.17) is 4.74 Å². The second-order valence-electron chi connectivity index (χ2n) is 4.13. The molecule has 1 aromatic heterocycles. The lowest BCUT2D eigenvalue weighted by Gasteiger charge is -2.11. The van der Waals surface area contributed by atoms with E-state index >= 15 is 0 Å². The second kappa shape index (κ2) is 5.87. The van der Waals surface area contributed by atoms with Gasteiger partial charge < -0.3 is 9.84 Å². The molecule has 18 heavy (non-hydrogen) atoms. The van der Waals surface area contributed by atoms with Crippen molar-refractivity contribution in [3.63, 3.8) is 0 Å². The summed E-state index contributed by atoms with van der Waals surface area (Å²) in [5.41, 5.74) is 2.10. The highest BCUT2D eigenvalue weighted by Crippen LogP contribution is 2.32. The second-order valence-corrected chi connectivity index (χ2v) is 6.77. The van der Waals surface area contributed by atoms with Crippen LogP contribution in [-0.2, 0) is 6.42 Å². The molecule has 2 rings (SSSR count). The molecule has 0 aliphatic rings. The molecule has 4 heteroatoms. The van der Waals surface area contributed by atoms with E-state index in [0.29, 0.717) is 6.42 Å². The number of thiophene rings is 1. The Labute approximate surface area is 119 Å². The molecule has 1 unspecified atom stereocenters. The summed E-state index contributed by atoms with van der Waals surface area (Å²) in [4.78, 5) is 1.16. The van der Waals surface area contributed by atoms with Gasteiger partial charge in [-0.2, -0.15) is 0 Å². The summed E-state index contributed by atoms with van der Waals surface area (Å²) in [7, 11) is 1.65. The van der Waals surface area contributed by atoms with Crippen LogP contribution in [0.2, 0.25) is 0 Å². The molecule has 1 heterocycles. The van der Waals surface area contributed by atoms with Gasteiger partial charge in [0.15, 0.2) is 0 Å². The lowest BCUT2D eigenvalue weighted by molar-refractivity contribution is 0.178. The van der Waals surface area contributed by atoms with Gasteiger partial charge in [-0.3, -0.25) is 0 Å². The number of aliphatic hydroxyl groups is 1. The third-order valence-electron chi connectivity index (χ3n) is 2.87. The lowest BCUT2D eigenvalue weighted by atomic mass is 10.0. The minimum absolute atomic E-state index is 0.457. The van der Waals surface area contributed by atoms with Gasteiger partial charge in [0, 0.05) is 11.3 Å². The van der Waals surface area contributed by atoms with Crippen molar-refractivity contribution < 1.29 is 9.84 Å². The third-order valence-corrected chi connectivity index (χ3v) is 4.44. The number of benzene rings is 1. The average molecular weight is 327 g/mol. The van der Waals surface area contributed by atoms with Gasteiger partial charge in [0.2, 0.25) is 0 Å². The molecule has 0 radical (unpaired) electrons. The predicted octanol–water partition coefficient (Wildman–Crippen LogP) is 4.10. The van der Waals surface area contributed by atoms with Crippen molar-refractivity contribution in [3.05, 3.63) is 50.1 Å². The normalized spacial score (nSPS) is 12.4. The van der Waals surface area contributed by atoms with Gasteiger partial charge in [0.25, 0.3) is 0 Å². The first-order chi connectivity index (χ1) is 8.60. The summed E-state index contributed by atoms with van der Waals surface area (Å²) >= 11 is 5.10. The Hall–Kier alpha value is -0.840. The van der Waals surface area contributed by atoms with Crippen molar-refractivity contribution in [3.8, 4) is 5.75 Å². The van der Waals surface area contributed by atoms with Gasteiger partial charge in [-0.1, -0.05) is 12.1 Å². The van der Waals surface area contributed by atoms with Crippen LogP contribution in [0.4, 0.5) is 0 Å². The molecule has 1 aromatic carbocycles. The van der Waals surface area contributed by atoms with Crippen molar-refractivity contribution in [2.24, 2.45) is 0 Å². The predicted molar refractivity (Wildman–Crippen MR) is 78.4 cm³/mol. The quantitative estimate of drug-likeness (QED) is 0.916. The summed E-state index contributed by atoms with van der Waals surface area (Å²) in [5, 5.41) is 10.2. The highest BCUT2D eigenvalue weighted by molar-refractivity contribution is 9.11. The molecule has 0 aliphatic carbocycles. The van der Waals surface area contributed by atoms with Crippen LogP contribution in [0.5, 0.6) is 5.75 Å². The molecular weight excluding hydrogens is 312 g/mol. The Morgan fingerprint density at radius 2 is 2.00 bits per heavy atom. The van der Waals surface area contributed by atoms with E-state index in [1.165, 1.54) is 0 Å². The first-order valence-corrected chi connectivity index (χ1v) is 7.28. The highest BCUT2D eigenvalue weighted by Gasteiger charge is 2.14. The molecule has 0 saturated carbocycles. The molecule has 96 valence electrons. The fourth-order valence-electron chi connectivity index (χ4n) is 1.88. The summed E-state index contributed by atoms with van der Waals surface area (Å²) in [6, 6.07) is 9.79. The number of hydrogen-bond donors (Lipinski definition) is 1. The van der Waals surface area contributed by atoms with Gasteiger partial charge in [0.1, 0.15) is 5.75 Å². The number of aryl methyl sites for hydroxylation is 1. The van der Waals surface area contributed by atoms with Gasteiger partial charge in [-0.25, -0.2) is 0 Å². The number of ether oxygens (including phenoxy) is 1. The van der Waals surface area contributed by atoms with Crippen molar-refractivity contribution in [1.29, 1.82) is 0 Å². The molecule has 2 nitrogen and oxygen atoms in total. The fraction of sp³-hybridized carbons (Fsp3) is 0.286. The zero-order valence-electron chi connectivity index (χ0n) is 10.3. The van der Waals surface area contributed by atoms with E-state index in [9.17, 15) is 5.11 Å². The van der Waals surface area contributed by atoms with Crippen LogP contribution >= 0.6 is 27.3 Å².